The molecule has 1 N–H and O–H groups in total. The average molecular weight is 825 g/mol. The van der Waals surface area contributed by atoms with Crippen LogP contribution < -0.4 is 4.90 Å². The van der Waals surface area contributed by atoms with Crippen molar-refractivity contribution in [2.45, 2.75) is 69.2 Å². The normalized spacial score (nSPS) is 26.6. The van der Waals surface area contributed by atoms with Crippen molar-refractivity contribution in [3.63, 3.8) is 0 Å². The van der Waals surface area contributed by atoms with E-state index in [4.69, 9.17) is 4.74 Å². The van der Waals surface area contributed by atoms with Gasteiger partial charge in [0.05, 0.1) is 37.4 Å². The second kappa shape index (κ2) is 11.8. The molecule has 0 unspecified atom stereocenters. The highest BCUT2D eigenvalue weighted by Gasteiger charge is 2.67. The molecule has 2 amide bonds. The van der Waals surface area contributed by atoms with Crippen molar-refractivity contribution in [2.24, 2.45) is 5.92 Å². The number of amides is 2. The smallest absolute Gasteiger partial charge is 0.264 e. The van der Waals surface area contributed by atoms with Crippen LogP contribution in [0.15, 0.2) is 66.7 Å². The number of hydrogen-bond acceptors (Lipinski definition) is 4. The van der Waals surface area contributed by atoms with Crippen LogP contribution in [-0.2, 0) is 39.4 Å². The minimum Gasteiger partial charge on any atom is -0.394 e. The molecule has 6 rings (SSSR count). The lowest BCUT2D eigenvalue weighted by molar-refractivity contribution is -0.151. The topological polar surface area (TPSA) is 70.1 Å². The minimum atomic E-state index is -3.43. The zero-order valence-corrected chi connectivity index (χ0v) is 29.7. The van der Waals surface area contributed by atoms with Gasteiger partial charge in [0.15, 0.2) is 5.60 Å². The summed E-state index contributed by atoms with van der Waals surface area (Å²) >= 11 is 4.50. The quantitative estimate of drug-likeness (QED) is 0.174. The molecule has 0 bridgehead atoms. The average Bonchev–Trinajstić information content (AvgIpc) is 3.38. The first kappa shape index (κ1) is 31.1. The Hall–Kier alpha value is -1.87. The third-order valence-corrected chi connectivity index (χ3v) is 13.2. The molecular formula is C33H35FI2N2O4Si. The van der Waals surface area contributed by atoms with E-state index in [1.165, 1.54) is 0 Å². The van der Waals surface area contributed by atoms with Crippen molar-refractivity contribution in [1.29, 1.82) is 0 Å². The summed E-state index contributed by atoms with van der Waals surface area (Å²) < 4.78 is 25.2. The van der Waals surface area contributed by atoms with E-state index in [-0.39, 0.29) is 30.9 Å². The number of fused-ring (bicyclic) bond motifs is 3. The number of halogens is 3. The first-order chi connectivity index (χ1) is 20.4. The fraction of sp³-hybridized carbons (Fsp3) is 0.394. The van der Waals surface area contributed by atoms with E-state index in [1.807, 2.05) is 67.6 Å². The molecular weight excluding hydrogens is 789 g/mol. The molecule has 3 aromatic rings. The van der Waals surface area contributed by atoms with Gasteiger partial charge in [0.1, 0.15) is 0 Å². The van der Waals surface area contributed by atoms with Crippen molar-refractivity contribution in [1.82, 2.24) is 4.90 Å². The zero-order valence-electron chi connectivity index (χ0n) is 24.4. The maximum atomic E-state index is 16.3. The molecule has 0 aromatic heterocycles. The summed E-state index contributed by atoms with van der Waals surface area (Å²) in [5.41, 5.74) is 2.74. The molecule has 1 spiro atoms. The largest absolute Gasteiger partial charge is 0.394 e. The molecule has 3 heterocycles. The highest BCUT2D eigenvalue weighted by Crippen LogP contribution is 2.60. The Balaban J connectivity index is 1.36. The number of ether oxygens (including phenoxy) is 1. The van der Waals surface area contributed by atoms with E-state index in [9.17, 15) is 14.7 Å². The number of rotatable bonds is 6. The van der Waals surface area contributed by atoms with Crippen LogP contribution in [0.5, 0.6) is 0 Å². The van der Waals surface area contributed by atoms with E-state index in [1.54, 1.807) is 22.9 Å². The molecule has 43 heavy (non-hydrogen) atoms. The lowest BCUT2D eigenvalue weighted by atomic mass is 9.82. The molecule has 5 atom stereocenters. The van der Waals surface area contributed by atoms with Gasteiger partial charge in [-0.3, -0.25) is 9.59 Å². The molecule has 1 saturated heterocycles. The highest BCUT2D eigenvalue weighted by molar-refractivity contribution is 14.1. The third-order valence-electron chi connectivity index (χ3n) is 9.41. The third kappa shape index (κ3) is 5.48. The van der Waals surface area contributed by atoms with Gasteiger partial charge in [0, 0.05) is 30.7 Å². The number of nitrogens with zero attached hydrogens (tertiary/aromatic N) is 2. The molecule has 3 aromatic carbocycles. The lowest BCUT2D eigenvalue weighted by Crippen LogP contribution is -2.48. The van der Waals surface area contributed by atoms with Gasteiger partial charge in [-0.05, 0) is 112 Å². The summed E-state index contributed by atoms with van der Waals surface area (Å²) in [4.78, 5) is 32.0. The van der Waals surface area contributed by atoms with Crippen LogP contribution in [0.3, 0.4) is 0 Å². The summed E-state index contributed by atoms with van der Waals surface area (Å²) in [6.07, 6.45) is -0.244. The molecule has 226 valence electrons. The van der Waals surface area contributed by atoms with E-state index >= 15 is 4.11 Å². The van der Waals surface area contributed by atoms with Gasteiger partial charge in [0.25, 0.3) is 5.91 Å². The van der Waals surface area contributed by atoms with Crippen molar-refractivity contribution in [3.8, 4) is 0 Å². The van der Waals surface area contributed by atoms with Crippen LogP contribution in [0.25, 0.3) is 0 Å². The van der Waals surface area contributed by atoms with Gasteiger partial charge in [0.2, 0.25) is 14.3 Å². The maximum Gasteiger partial charge on any atom is 0.264 e. The van der Waals surface area contributed by atoms with Gasteiger partial charge in [-0.15, -0.1) is 0 Å². The predicted molar refractivity (Wildman–Crippen MR) is 184 cm³/mol. The first-order valence-electron chi connectivity index (χ1n) is 14.6. The van der Waals surface area contributed by atoms with Gasteiger partial charge in [-0.25, -0.2) is 0 Å². The molecule has 3 aliphatic heterocycles. The van der Waals surface area contributed by atoms with Crippen molar-refractivity contribution in [2.75, 3.05) is 11.5 Å². The Labute approximate surface area is 280 Å². The Morgan fingerprint density at radius 3 is 2.49 bits per heavy atom. The number of hydrogen-bond donors (Lipinski definition) is 1. The van der Waals surface area contributed by atoms with Crippen LogP contribution in [0.2, 0.25) is 18.6 Å². The fourth-order valence-electron chi connectivity index (χ4n) is 7.53. The van der Waals surface area contributed by atoms with Crippen LogP contribution in [0.4, 0.5) is 9.80 Å². The van der Waals surface area contributed by atoms with Gasteiger partial charge >= 0.3 is 0 Å². The number of anilines is 1. The van der Waals surface area contributed by atoms with Crippen molar-refractivity contribution >= 4 is 71.1 Å². The standard InChI is InChI=1S/C33H35FI2N2O4Si/c1-20-31(43(2,3)34)29(16-30(40)37-18-23-9-5-4-8-22(23)14-26(37)19-39)42-33(20)27-15-25(36)11-12-28(27)38(32(33)41)17-21-7-6-10-24(35)13-21/h4-13,15,20,26,29,31,39H,14,16-19H2,1-3H3/t20-,26-,29+,31-,33+/m0/s1. The summed E-state index contributed by atoms with van der Waals surface area (Å²) in [5, 5.41) is 10.2. The van der Waals surface area contributed by atoms with Gasteiger partial charge < -0.3 is 23.8 Å². The number of aliphatic hydroxyl groups excluding tert-OH is 1. The number of carbonyl (C=O) groups is 2. The molecule has 0 saturated carbocycles. The van der Waals surface area contributed by atoms with Crippen LogP contribution in [0.1, 0.15) is 35.6 Å². The first-order valence-corrected chi connectivity index (χ1v) is 19.8. The van der Waals surface area contributed by atoms with Crippen molar-refractivity contribution in [3.05, 3.63) is 96.1 Å². The van der Waals surface area contributed by atoms with E-state index in [2.05, 4.69) is 51.2 Å². The molecule has 6 nitrogen and oxygen atoms in total. The number of carbonyl (C=O) groups excluding carboxylic acids is 2. The van der Waals surface area contributed by atoms with E-state index in [0.717, 1.165) is 35.1 Å². The monoisotopic (exact) mass is 824 g/mol. The molecule has 10 heteroatoms. The Bertz CT molecular complexity index is 1580. The maximum absolute atomic E-state index is 16.3. The summed E-state index contributed by atoms with van der Waals surface area (Å²) in [6, 6.07) is 21.6. The second-order valence-electron chi connectivity index (χ2n) is 12.5. The summed E-state index contributed by atoms with van der Waals surface area (Å²) in [6.45, 7) is 5.83. The van der Waals surface area contributed by atoms with E-state index in [0.29, 0.717) is 19.5 Å². The number of aliphatic hydroxyl groups is 1. The molecule has 0 aliphatic carbocycles. The second-order valence-corrected chi connectivity index (χ2v) is 18.8. The fourth-order valence-corrected chi connectivity index (χ4v) is 11.1. The molecule has 0 radical (unpaired) electrons. The van der Waals surface area contributed by atoms with Crippen molar-refractivity contribution < 1.29 is 23.5 Å². The van der Waals surface area contributed by atoms with Crippen LogP contribution in [0, 0.1) is 13.1 Å². The predicted octanol–water partition coefficient (Wildman–Crippen LogP) is 6.55. The Morgan fingerprint density at radius 2 is 1.79 bits per heavy atom. The van der Waals surface area contributed by atoms with Gasteiger partial charge in [-0.2, -0.15) is 0 Å². The van der Waals surface area contributed by atoms with Gasteiger partial charge in [-0.1, -0.05) is 43.3 Å². The lowest BCUT2D eigenvalue weighted by Gasteiger charge is -2.37. The SMILES string of the molecule is C[C@H]1[C@H]([Si](C)(C)F)[C@@H](CC(=O)N2Cc3ccccc3C[C@H]2CO)O[C@]12C(=O)N(Cc1cccc(I)c1)c1ccc(I)cc12. The minimum absolute atomic E-state index is 0.0425. The summed E-state index contributed by atoms with van der Waals surface area (Å²) in [5.74, 6) is -0.859. The van der Waals surface area contributed by atoms with Crippen LogP contribution >= 0.6 is 45.2 Å². The number of benzene rings is 3. The van der Waals surface area contributed by atoms with E-state index < -0.39 is 31.6 Å². The Morgan fingerprint density at radius 1 is 1.07 bits per heavy atom. The van der Waals surface area contributed by atoms with Crippen LogP contribution in [-0.4, -0.2) is 49.0 Å². The molecule has 1 fully saturated rings. The summed E-state index contributed by atoms with van der Waals surface area (Å²) in [7, 11) is -3.43. The molecule has 3 aliphatic rings. The zero-order chi connectivity index (χ0) is 30.7. The Kier molecular flexibility index (Phi) is 8.55. The highest BCUT2D eigenvalue weighted by atomic mass is 127.